The summed E-state index contributed by atoms with van der Waals surface area (Å²) in [5, 5.41) is 2.87. The number of benzene rings is 2. The lowest BCUT2D eigenvalue weighted by molar-refractivity contribution is 0.102. The van der Waals surface area contributed by atoms with Crippen molar-refractivity contribution in [2.45, 2.75) is 37.6 Å². The zero-order chi connectivity index (χ0) is 22.3. The molecular weight excluding hydrogens is 458 g/mol. The highest BCUT2D eigenvalue weighted by molar-refractivity contribution is 7.89. The molecule has 1 saturated heterocycles. The number of aromatic nitrogens is 1. The summed E-state index contributed by atoms with van der Waals surface area (Å²) in [7, 11) is -3.75. The SMILES string of the molecule is CC(C)n1c(=O)sc2cc(NC(=O)c3ccc(Cl)c(S(=O)(=O)N4CCCC4)c3)ccc21. The average molecular weight is 480 g/mol. The molecule has 10 heteroatoms. The molecule has 4 rings (SSSR count). The van der Waals surface area contributed by atoms with Crippen LogP contribution in [0.25, 0.3) is 10.2 Å². The number of hydrogen-bond acceptors (Lipinski definition) is 5. The molecule has 1 fully saturated rings. The summed E-state index contributed by atoms with van der Waals surface area (Å²) in [6.45, 7) is 4.79. The van der Waals surface area contributed by atoms with Gasteiger partial charge in [0, 0.05) is 30.4 Å². The first-order valence-corrected chi connectivity index (χ1v) is 12.6. The van der Waals surface area contributed by atoms with Gasteiger partial charge in [-0.2, -0.15) is 4.31 Å². The number of amides is 1. The van der Waals surface area contributed by atoms with E-state index in [9.17, 15) is 18.0 Å². The fraction of sp³-hybridized carbons (Fsp3) is 0.333. The minimum absolute atomic E-state index is 0.0340. The van der Waals surface area contributed by atoms with Crippen molar-refractivity contribution in [3.05, 3.63) is 56.7 Å². The molecule has 2 heterocycles. The summed E-state index contributed by atoms with van der Waals surface area (Å²) < 4.78 is 29.7. The fourth-order valence-electron chi connectivity index (χ4n) is 3.72. The predicted molar refractivity (Wildman–Crippen MR) is 124 cm³/mol. The molecule has 31 heavy (non-hydrogen) atoms. The quantitative estimate of drug-likeness (QED) is 0.589. The van der Waals surface area contributed by atoms with Crippen LogP contribution >= 0.6 is 22.9 Å². The first-order valence-electron chi connectivity index (χ1n) is 9.94. The highest BCUT2D eigenvalue weighted by atomic mass is 35.5. The van der Waals surface area contributed by atoms with Gasteiger partial charge in [-0.25, -0.2) is 8.42 Å². The van der Waals surface area contributed by atoms with Crippen LogP contribution in [0, 0.1) is 0 Å². The summed E-state index contributed by atoms with van der Waals surface area (Å²) >= 11 is 7.28. The van der Waals surface area contributed by atoms with E-state index < -0.39 is 15.9 Å². The number of fused-ring (bicyclic) bond motifs is 1. The third-order valence-electron chi connectivity index (χ3n) is 5.26. The standard InChI is InChI=1S/C21H22ClN3O4S2/c1-13(2)25-17-8-6-15(12-18(17)30-21(25)27)23-20(26)14-5-7-16(22)19(11-14)31(28,29)24-9-3-4-10-24/h5-8,11-13H,3-4,9-10H2,1-2H3,(H,23,26). The molecule has 0 spiro atoms. The number of nitrogens with one attached hydrogen (secondary N) is 1. The highest BCUT2D eigenvalue weighted by Gasteiger charge is 2.29. The molecule has 0 radical (unpaired) electrons. The summed E-state index contributed by atoms with van der Waals surface area (Å²) in [6.07, 6.45) is 1.62. The molecule has 164 valence electrons. The van der Waals surface area contributed by atoms with E-state index in [0.29, 0.717) is 18.8 Å². The number of halogens is 1. The van der Waals surface area contributed by atoms with Crippen LogP contribution in [0.1, 0.15) is 43.1 Å². The van der Waals surface area contributed by atoms with Crippen LogP contribution in [-0.2, 0) is 10.0 Å². The van der Waals surface area contributed by atoms with E-state index in [1.807, 2.05) is 13.8 Å². The van der Waals surface area contributed by atoms with Crippen molar-refractivity contribution < 1.29 is 13.2 Å². The van der Waals surface area contributed by atoms with E-state index in [4.69, 9.17) is 11.6 Å². The highest BCUT2D eigenvalue weighted by Crippen LogP contribution is 2.29. The molecule has 1 N–H and O–H groups in total. The number of thiazole rings is 1. The van der Waals surface area contributed by atoms with Gasteiger partial charge in [0.2, 0.25) is 10.0 Å². The van der Waals surface area contributed by atoms with Gasteiger partial charge in [-0.3, -0.25) is 14.2 Å². The topological polar surface area (TPSA) is 88.5 Å². The Morgan fingerprint density at radius 1 is 1.13 bits per heavy atom. The monoisotopic (exact) mass is 479 g/mol. The molecule has 0 bridgehead atoms. The number of rotatable bonds is 5. The molecular formula is C21H22ClN3O4S2. The van der Waals surface area contributed by atoms with Gasteiger partial charge in [-0.15, -0.1) is 0 Å². The maximum Gasteiger partial charge on any atom is 0.308 e. The minimum Gasteiger partial charge on any atom is -0.322 e. The predicted octanol–water partition coefficient (Wildman–Crippen LogP) is 4.33. The number of hydrogen-bond donors (Lipinski definition) is 1. The summed E-state index contributed by atoms with van der Waals surface area (Å²) in [5.74, 6) is -0.454. The van der Waals surface area contributed by atoms with E-state index in [0.717, 1.165) is 34.4 Å². The van der Waals surface area contributed by atoms with Crippen LogP contribution in [0.3, 0.4) is 0 Å². The molecule has 1 aromatic heterocycles. The van der Waals surface area contributed by atoms with Gasteiger partial charge in [0.25, 0.3) is 5.91 Å². The molecule has 1 aliphatic heterocycles. The second kappa shape index (κ2) is 8.38. The summed E-state index contributed by atoms with van der Waals surface area (Å²) in [5.41, 5.74) is 1.53. The van der Waals surface area contributed by atoms with Crippen LogP contribution in [0.2, 0.25) is 5.02 Å². The third kappa shape index (κ3) is 4.15. The van der Waals surface area contributed by atoms with E-state index in [1.165, 1.54) is 22.5 Å². The van der Waals surface area contributed by atoms with Crippen molar-refractivity contribution in [1.82, 2.24) is 8.87 Å². The largest absolute Gasteiger partial charge is 0.322 e. The lowest BCUT2D eigenvalue weighted by Gasteiger charge is -2.17. The van der Waals surface area contributed by atoms with Gasteiger partial charge in [0.1, 0.15) is 4.90 Å². The zero-order valence-corrected chi connectivity index (χ0v) is 19.5. The van der Waals surface area contributed by atoms with Crippen molar-refractivity contribution in [3.8, 4) is 0 Å². The third-order valence-corrected chi connectivity index (χ3v) is 8.56. The Balaban J connectivity index is 1.63. The lowest BCUT2D eigenvalue weighted by Crippen LogP contribution is -2.28. The number of anilines is 1. The van der Waals surface area contributed by atoms with E-state index in [-0.39, 0.29) is 26.4 Å². The number of carbonyl (C=O) groups is 1. The van der Waals surface area contributed by atoms with Crippen LogP contribution in [0.5, 0.6) is 0 Å². The fourth-order valence-corrected chi connectivity index (χ4v) is 6.79. The second-order valence-corrected chi connectivity index (χ2v) is 11.0. The van der Waals surface area contributed by atoms with Crippen LogP contribution in [-0.4, -0.2) is 36.3 Å². The van der Waals surface area contributed by atoms with Crippen LogP contribution < -0.4 is 10.2 Å². The Morgan fingerprint density at radius 2 is 1.84 bits per heavy atom. The first-order chi connectivity index (χ1) is 14.7. The summed E-state index contributed by atoms with van der Waals surface area (Å²) in [6, 6.07) is 9.54. The Labute approximate surface area is 189 Å². The summed E-state index contributed by atoms with van der Waals surface area (Å²) in [4.78, 5) is 24.9. The molecule has 1 amide bonds. The van der Waals surface area contributed by atoms with Crippen molar-refractivity contribution in [2.75, 3.05) is 18.4 Å². The molecule has 0 unspecified atom stereocenters. The maximum atomic E-state index is 12.9. The van der Waals surface area contributed by atoms with E-state index in [2.05, 4.69) is 5.32 Å². The first kappa shape index (κ1) is 22.0. The molecule has 0 atom stereocenters. The van der Waals surface area contributed by atoms with Gasteiger partial charge >= 0.3 is 4.87 Å². The van der Waals surface area contributed by atoms with Crippen molar-refractivity contribution in [3.63, 3.8) is 0 Å². The van der Waals surface area contributed by atoms with Crippen molar-refractivity contribution in [1.29, 1.82) is 0 Å². The van der Waals surface area contributed by atoms with E-state index in [1.54, 1.807) is 22.8 Å². The molecule has 7 nitrogen and oxygen atoms in total. The van der Waals surface area contributed by atoms with E-state index >= 15 is 0 Å². The molecule has 3 aromatic rings. The number of carbonyl (C=O) groups excluding carboxylic acids is 1. The molecule has 0 aliphatic carbocycles. The number of sulfonamides is 1. The van der Waals surface area contributed by atoms with Crippen LogP contribution in [0.15, 0.2) is 46.1 Å². The zero-order valence-electron chi connectivity index (χ0n) is 17.1. The molecule has 2 aromatic carbocycles. The van der Waals surface area contributed by atoms with Gasteiger partial charge in [-0.05, 0) is 63.1 Å². The van der Waals surface area contributed by atoms with Gasteiger partial charge in [0.15, 0.2) is 0 Å². The Morgan fingerprint density at radius 3 is 2.52 bits per heavy atom. The van der Waals surface area contributed by atoms with Gasteiger partial charge < -0.3 is 5.32 Å². The van der Waals surface area contributed by atoms with Gasteiger partial charge in [0.05, 0.1) is 15.2 Å². The second-order valence-electron chi connectivity index (χ2n) is 7.72. The minimum atomic E-state index is -3.75. The maximum absolute atomic E-state index is 12.9. The Bertz CT molecular complexity index is 1320. The normalized spacial score (nSPS) is 15.1. The number of nitrogens with zero attached hydrogens (tertiary/aromatic N) is 2. The average Bonchev–Trinajstić information content (AvgIpc) is 3.35. The Hall–Kier alpha value is -2.20. The van der Waals surface area contributed by atoms with Gasteiger partial charge in [-0.1, -0.05) is 22.9 Å². The van der Waals surface area contributed by atoms with Crippen LogP contribution in [0.4, 0.5) is 5.69 Å². The lowest BCUT2D eigenvalue weighted by atomic mass is 10.2. The Kier molecular flexibility index (Phi) is 5.95. The smallest absolute Gasteiger partial charge is 0.308 e. The van der Waals surface area contributed by atoms with Crippen molar-refractivity contribution in [2.24, 2.45) is 0 Å². The molecule has 0 saturated carbocycles. The molecule has 1 aliphatic rings. The van der Waals surface area contributed by atoms with Crippen molar-refractivity contribution >= 4 is 54.8 Å².